The van der Waals surface area contributed by atoms with Gasteiger partial charge in [-0.05, 0) is 72.5 Å². The maximum absolute atomic E-state index is 10.3. The quantitative estimate of drug-likeness (QED) is 0.351. The molecule has 0 aliphatic carbocycles. The van der Waals surface area contributed by atoms with E-state index < -0.39 is 12.2 Å². The predicted molar refractivity (Wildman–Crippen MR) is 83.0 cm³/mol. The van der Waals surface area contributed by atoms with Gasteiger partial charge in [0.05, 0.1) is 0 Å². The summed E-state index contributed by atoms with van der Waals surface area (Å²) in [6.45, 7) is 0.539. The van der Waals surface area contributed by atoms with Crippen molar-refractivity contribution in [2.75, 3.05) is 6.54 Å². The number of aliphatic carboxylic acids is 1. The number of carboxylic acid groups (broad SMARTS) is 1. The highest BCUT2D eigenvalue weighted by molar-refractivity contribution is 14.1. The van der Waals surface area contributed by atoms with Crippen LogP contribution >= 0.6 is 22.6 Å². The number of rotatable bonds is 9. The smallest absolute Gasteiger partial charge is 0.303 e. The minimum Gasteiger partial charge on any atom is -0.481 e. The molecule has 3 N–H and O–H groups in total. The lowest BCUT2D eigenvalue weighted by Gasteiger charge is -2.12. The fourth-order valence-corrected chi connectivity index (χ4v) is 2.12. The molecule has 1 aromatic carbocycles. The zero-order valence-corrected chi connectivity index (χ0v) is 13.0. The molecule has 0 aliphatic heterocycles. The van der Waals surface area contributed by atoms with Crippen LogP contribution in [0, 0.1) is 3.57 Å². The second kappa shape index (κ2) is 9.28. The first-order chi connectivity index (χ1) is 9.08. The lowest BCUT2D eigenvalue weighted by atomic mass is 10.1. The fourth-order valence-electron chi connectivity index (χ4n) is 1.76. The number of hydrogen-bond donors (Lipinski definition) is 3. The normalized spacial score (nSPS) is 12.3. The molecular formula is C14H20INO3. The van der Waals surface area contributed by atoms with E-state index >= 15 is 0 Å². The highest BCUT2D eigenvalue weighted by Crippen LogP contribution is 2.10. The second-order valence-corrected chi connectivity index (χ2v) is 5.73. The van der Waals surface area contributed by atoms with Gasteiger partial charge in [-0.25, -0.2) is 0 Å². The Bertz CT molecular complexity index is 381. The van der Waals surface area contributed by atoms with Crippen molar-refractivity contribution in [1.82, 2.24) is 5.32 Å². The lowest BCUT2D eigenvalue weighted by Crippen LogP contribution is -2.29. The SMILES string of the molecule is O=C(O)CCCNC(O)CCCc1ccc(I)cc1. The Labute approximate surface area is 127 Å². The maximum atomic E-state index is 10.3. The molecule has 0 saturated carbocycles. The third-order valence-corrected chi connectivity index (χ3v) is 3.52. The molecular weight excluding hydrogens is 357 g/mol. The van der Waals surface area contributed by atoms with Crippen molar-refractivity contribution in [2.24, 2.45) is 0 Å². The van der Waals surface area contributed by atoms with E-state index in [1.165, 1.54) is 9.13 Å². The number of hydrogen-bond acceptors (Lipinski definition) is 3. The van der Waals surface area contributed by atoms with Crippen LogP contribution in [-0.2, 0) is 11.2 Å². The van der Waals surface area contributed by atoms with Crippen LogP contribution in [0.4, 0.5) is 0 Å². The highest BCUT2D eigenvalue weighted by atomic mass is 127. The van der Waals surface area contributed by atoms with Gasteiger partial charge in [0.2, 0.25) is 0 Å². The highest BCUT2D eigenvalue weighted by Gasteiger charge is 2.04. The van der Waals surface area contributed by atoms with Gasteiger partial charge in [-0.15, -0.1) is 0 Å². The van der Waals surface area contributed by atoms with Crippen molar-refractivity contribution in [2.45, 2.75) is 38.3 Å². The summed E-state index contributed by atoms with van der Waals surface area (Å²) >= 11 is 2.28. The van der Waals surface area contributed by atoms with Crippen molar-refractivity contribution in [3.63, 3.8) is 0 Å². The van der Waals surface area contributed by atoms with Crippen molar-refractivity contribution in [3.8, 4) is 0 Å². The van der Waals surface area contributed by atoms with E-state index in [2.05, 4.69) is 52.2 Å². The number of aliphatic hydroxyl groups is 1. The first-order valence-electron chi connectivity index (χ1n) is 6.45. The van der Waals surface area contributed by atoms with Crippen LogP contribution in [0.3, 0.4) is 0 Å². The van der Waals surface area contributed by atoms with E-state index in [9.17, 15) is 9.90 Å². The Balaban J connectivity index is 2.08. The van der Waals surface area contributed by atoms with Crippen molar-refractivity contribution < 1.29 is 15.0 Å². The average molecular weight is 377 g/mol. The summed E-state index contributed by atoms with van der Waals surface area (Å²) in [7, 11) is 0. The molecule has 0 spiro atoms. The van der Waals surface area contributed by atoms with Gasteiger partial charge in [-0.1, -0.05) is 12.1 Å². The first kappa shape index (κ1) is 16.4. The zero-order valence-electron chi connectivity index (χ0n) is 10.8. The third-order valence-electron chi connectivity index (χ3n) is 2.80. The Morgan fingerprint density at radius 3 is 2.58 bits per heavy atom. The van der Waals surface area contributed by atoms with Crippen LogP contribution in [0.1, 0.15) is 31.2 Å². The molecule has 106 valence electrons. The molecule has 0 saturated heterocycles. The molecule has 0 aliphatic rings. The van der Waals surface area contributed by atoms with E-state index in [1.807, 2.05) is 0 Å². The van der Waals surface area contributed by atoms with Gasteiger partial charge < -0.3 is 10.2 Å². The van der Waals surface area contributed by atoms with Crippen LogP contribution in [0.5, 0.6) is 0 Å². The third kappa shape index (κ3) is 8.18. The summed E-state index contributed by atoms with van der Waals surface area (Å²) in [6, 6.07) is 8.37. The summed E-state index contributed by atoms with van der Waals surface area (Å²) in [5.41, 5.74) is 1.28. The molecule has 1 atom stereocenters. The fraction of sp³-hybridized carbons (Fsp3) is 0.500. The number of benzene rings is 1. The van der Waals surface area contributed by atoms with E-state index in [0.29, 0.717) is 19.4 Å². The van der Waals surface area contributed by atoms with E-state index in [-0.39, 0.29) is 6.42 Å². The molecule has 0 heterocycles. The molecule has 19 heavy (non-hydrogen) atoms. The van der Waals surface area contributed by atoms with Gasteiger partial charge in [-0.3, -0.25) is 10.1 Å². The molecule has 0 fully saturated rings. The topological polar surface area (TPSA) is 69.6 Å². The molecule has 1 aromatic rings. The molecule has 1 unspecified atom stereocenters. The molecule has 0 bridgehead atoms. The summed E-state index contributed by atoms with van der Waals surface area (Å²) in [5.74, 6) is -0.796. The van der Waals surface area contributed by atoms with E-state index in [0.717, 1.165) is 12.8 Å². The predicted octanol–water partition coefficient (Wildman–Crippen LogP) is 2.39. The van der Waals surface area contributed by atoms with Gasteiger partial charge in [0.25, 0.3) is 0 Å². The number of carbonyl (C=O) groups is 1. The lowest BCUT2D eigenvalue weighted by molar-refractivity contribution is -0.137. The Morgan fingerprint density at radius 1 is 1.26 bits per heavy atom. The standard InChI is InChI=1S/C14H20INO3/c15-12-8-6-11(7-9-12)3-1-4-13(17)16-10-2-5-14(18)19/h6-9,13,16-17H,1-5,10H2,(H,18,19). The van der Waals surface area contributed by atoms with E-state index in [4.69, 9.17) is 5.11 Å². The Morgan fingerprint density at radius 2 is 1.95 bits per heavy atom. The summed E-state index contributed by atoms with van der Waals surface area (Å²) in [5, 5.41) is 21.1. The van der Waals surface area contributed by atoms with Crippen LogP contribution in [0.15, 0.2) is 24.3 Å². The zero-order chi connectivity index (χ0) is 14.1. The van der Waals surface area contributed by atoms with E-state index in [1.54, 1.807) is 0 Å². The van der Waals surface area contributed by atoms with Crippen LogP contribution in [0.25, 0.3) is 0 Å². The monoisotopic (exact) mass is 377 g/mol. The second-order valence-electron chi connectivity index (χ2n) is 4.49. The Kier molecular flexibility index (Phi) is 8.00. The van der Waals surface area contributed by atoms with Gasteiger partial charge in [0, 0.05) is 9.99 Å². The molecule has 0 aromatic heterocycles. The minimum absolute atomic E-state index is 0.141. The molecule has 0 amide bonds. The molecule has 5 heteroatoms. The van der Waals surface area contributed by atoms with Gasteiger partial charge in [0.1, 0.15) is 6.23 Å². The molecule has 4 nitrogen and oxygen atoms in total. The Hall–Kier alpha value is -0.660. The number of halogens is 1. The first-order valence-corrected chi connectivity index (χ1v) is 7.53. The van der Waals surface area contributed by atoms with Crippen molar-refractivity contribution >= 4 is 28.6 Å². The minimum atomic E-state index is -0.796. The number of nitrogens with one attached hydrogen (secondary N) is 1. The summed E-state index contributed by atoms with van der Waals surface area (Å²) in [6.07, 6.45) is 2.68. The van der Waals surface area contributed by atoms with Crippen LogP contribution in [-0.4, -0.2) is 29.0 Å². The van der Waals surface area contributed by atoms with Crippen LogP contribution < -0.4 is 5.32 Å². The number of carboxylic acids is 1. The van der Waals surface area contributed by atoms with Crippen molar-refractivity contribution in [1.29, 1.82) is 0 Å². The number of aliphatic hydroxyl groups excluding tert-OH is 1. The summed E-state index contributed by atoms with van der Waals surface area (Å²) < 4.78 is 1.22. The van der Waals surface area contributed by atoms with Gasteiger partial charge in [-0.2, -0.15) is 0 Å². The van der Waals surface area contributed by atoms with Gasteiger partial charge >= 0.3 is 5.97 Å². The number of aryl methyl sites for hydroxylation is 1. The van der Waals surface area contributed by atoms with Crippen LogP contribution in [0.2, 0.25) is 0 Å². The molecule has 0 radical (unpaired) electrons. The molecule has 1 rings (SSSR count). The maximum Gasteiger partial charge on any atom is 0.303 e. The van der Waals surface area contributed by atoms with Gasteiger partial charge in [0.15, 0.2) is 0 Å². The average Bonchev–Trinajstić information content (AvgIpc) is 2.37. The largest absolute Gasteiger partial charge is 0.481 e. The van der Waals surface area contributed by atoms with Crippen molar-refractivity contribution in [3.05, 3.63) is 33.4 Å². The summed E-state index contributed by atoms with van der Waals surface area (Å²) in [4.78, 5) is 10.3.